The van der Waals surface area contributed by atoms with E-state index >= 15 is 0 Å². The number of nitrogens with zero attached hydrogens (tertiary/aromatic N) is 4. The molecule has 0 fully saturated rings. The molecule has 0 aliphatic heterocycles. The van der Waals surface area contributed by atoms with Gasteiger partial charge in [-0.1, -0.05) is 42.1 Å². The van der Waals surface area contributed by atoms with Crippen molar-refractivity contribution < 1.29 is 13.9 Å². The number of rotatable bonds is 8. The molecule has 0 spiro atoms. The second kappa shape index (κ2) is 9.75. The van der Waals surface area contributed by atoms with E-state index in [-0.39, 0.29) is 17.4 Å². The predicted octanol–water partition coefficient (Wildman–Crippen LogP) is 4.17. The number of aromatic nitrogens is 3. The lowest BCUT2D eigenvalue weighted by Crippen LogP contribution is -2.28. The average molecular weight is 429 g/mol. The van der Waals surface area contributed by atoms with Crippen LogP contribution in [0.4, 0.5) is 4.39 Å². The Morgan fingerprint density at radius 1 is 1.23 bits per heavy atom. The highest BCUT2D eigenvalue weighted by molar-refractivity contribution is 7.99. The zero-order chi connectivity index (χ0) is 21.7. The molecular formula is C22H25FN4O2S. The molecule has 158 valence electrons. The Morgan fingerprint density at radius 2 is 2.00 bits per heavy atom. The van der Waals surface area contributed by atoms with E-state index in [9.17, 15) is 9.18 Å². The first kappa shape index (κ1) is 21.8. The first-order valence-electron chi connectivity index (χ1n) is 9.63. The van der Waals surface area contributed by atoms with Gasteiger partial charge in [0.15, 0.2) is 22.5 Å². The summed E-state index contributed by atoms with van der Waals surface area (Å²) in [5.74, 6) is 0.699. The van der Waals surface area contributed by atoms with E-state index in [0.717, 1.165) is 17.0 Å². The maximum atomic E-state index is 13.9. The number of amides is 1. The lowest BCUT2D eigenvalue weighted by molar-refractivity contribution is -0.127. The Labute approximate surface area is 180 Å². The van der Waals surface area contributed by atoms with E-state index in [0.29, 0.717) is 23.8 Å². The number of halogens is 1. The summed E-state index contributed by atoms with van der Waals surface area (Å²) in [5.41, 5.74) is 2.86. The highest BCUT2D eigenvalue weighted by Gasteiger charge is 2.17. The van der Waals surface area contributed by atoms with Gasteiger partial charge in [0.05, 0.1) is 12.9 Å². The molecule has 8 heteroatoms. The highest BCUT2D eigenvalue weighted by atomic mass is 32.2. The Kier molecular flexibility index (Phi) is 7.10. The fourth-order valence-electron chi connectivity index (χ4n) is 3.11. The number of carbonyl (C=O) groups is 1. The van der Waals surface area contributed by atoms with Gasteiger partial charge in [0.25, 0.3) is 0 Å². The Morgan fingerprint density at radius 3 is 2.67 bits per heavy atom. The molecule has 1 aromatic heterocycles. The van der Waals surface area contributed by atoms with Crippen LogP contribution < -0.4 is 4.74 Å². The molecule has 0 unspecified atom stereocenters. The fraction of sp³-hybridized carbons (Fsp3) is 0.318. The summed E-state index contributed by atoms with van der Waals surface area (Å²) in [6.07, 6.45) is 0. The summed E-state index contributed by atoms with van der Waals surface area (Å²) in [7, 11) is 3.12. The number of hydrogen-bond acceptors (Lipinski definition) is 5. The molecule has 0 N–H and O–H groups in total. The summed E-state index contributed by atoms with van der Waals surface area (Å²) in [4.78, 5) is 14.2. The van der Waals surface area contributed by atoms with Gasteiger partial charge < -0.3 is 14.2 Å². The van der Waals surface area contributed by atoms with E-state index in [1.165, 1.54) is 24.9 Å². The SMILES string of the molecule is CCn1c(SCC(=O)N(C)Cc2ccc(OC)c(F)c2)nnc1-c1ccccc1C. The van der Waals surface area contributed by atoms with Crippen molar-refractivity contribution in [1.82, 2.24) is 19.7 Å². The van der Waals surface area contributed by atoms with Gasteiger partial charge in [-0.05, 0) is 37.1 Å². The molecule has 0 saturated carbocycles. The minimum absolute atomic E-state index is 0.0701. The van der Waals surface area contributed by atoms with Gasteiger partial charge in [-0.2, -0.15) is 0 Å². The second-order valence-electron chi connectivity index (χ2n) is 6.87. The molecule has 0 atom stereocenters. The van der Waals surface area contributed by atoms with Gasteiger partial charge >= 0.3 is 0 Å². The van der Waals surface area contributed by atoms with Crippen LogP contribution in [-0.2, 0) is 17.9 Å². The van der Waals surface area contributed by atoms with Crippen LogP contribution in [0.15, 0.2) is 47.6 Å². The van der Waals surface area contributed by atoms with Crippen molar-refractivity contribution in [2.75, 3.05) is 19.9 Å². The Hall–Kier alpha value is -2.87. The third-order valence-corrected chi connectivity index (χ3v) is 5.76. The molecule has 0 aliphatic rings. The van der Waals surface area contributed by atoms with Gasteiger partial charge in [-0.25, -0.2) is 4.39 Å². The second-order valence-corrected chi connectivity index (χ2v) is 7.82. The van der Waals surface area contributed by atoms with Crippen molar-refractivity contribution in [3.8, 4) is 17.1 Å². The summed E-state index contributed by atoms with van der Waals surface area (Å²) in [6, 6.07) is 12.7. The minimum Gasteiger partial charge on any atom is -0.494 e. The van der Waals surface area contributed by atoms with E-state index in [1.807, 2.05) is 42.7 Å². The zero-order valence-corrected chi connectivity index (χ0v) is 18.4. The topological polar surface area (TPSA) is 60.2 Å². The molecule has 3 aromatic rings. The van der Waals surface area contributed by atoms with Crippen LogP contribution in [0.1, 0.15) is 18.1 Å². The molecule has 0 saturated heterocycles. The standard InChI is InChI=1S/C22H25FN4O2S/c1-5-27-21(17-9-7-6-8-15(17)2)24-25-22(27)30-14-20(28)26(3)13-16-10-11-19(29-4)18(23)12-16/h6-12H,5,13-14H2,1-4H3. The van der Waals surface area contributed by atoms with E-state index in [2.05, 4.69) is 10.2 Å². The van der Waals surface area contributed by atoms with Gasteiger partial charge in [0, 0.05) is 25.7 Å². The van der Waals surface area contributed by atoms with Crippen molar-refractivity contribution in [1.29, 1.82) is 0 Å². The van der Waals surface area contributed by atoms with E-state index < -0.39 is 5.82 Å². The van der Waals surface area contributed by atoms with Gasteiger partial charge in [-0.3, -0.25) is 4.79 Å². The van der Waals surface area contributed by atoms with Crippen molar-refractivity contribution in [3.05, 3.63) is 59.4 Å². The maximum Gasteiger partial charge on any atom is 0.233 e. The van der Waals surface area contributed by atoms with Crippen LogP contribution >= 0.6 is 11.8 Å². The number of ether oxygens (including phenoxy) is 1. The van der Waals surface area contributed by atoms with Gasteiger partial charge in [0.2, 0.25) is 5.91 Å². The molecule has 0 radical (unpaired) electrons. The lowest BCUT2D eigenvalue weighted by atomic mass is 10.1. The summed E-state index contributed by atoms with van der Waals surface area (Å²) >= 11 is 1.35. The molecule has 30 heavy (non-hydrogen) atoms. The van der Waals surface area contributed by atoms with Crippen molar-refractivity contribution in [2.24, 2.45) is 0 Å². The minimum atomic E-state index is -0.440. The van der Waals surface area contributed by atoms with E-state index in [1.54, 1.807) is 24.1 Å². The first-order chi connectivity index (χ1) is 14.4. The Balaban J connectivity index is 1.66. The number of methoxy groups -OCH3 is 1. The maximum absolute atomic E-state index is 13.9. The van der Waals surface area contributed by atoms with Gasteiger partial charge in [0.1, 0.15) is 0 Å². The van der Waals surface area contributed by atoms with Crippen LogP contribution in [-0.4, -0.2) is 45.5 Å². The van der Waals surface area contributed by atoms with Crippen LogP contribution in [0.5, 0.6) is 5.75 Å². The molecule has 2 aromatic carbocycles. The van der Waals surface area contributed by atoms with Gasteiger partial charge in [-0.15, -0.1) is 10.2 Å². The molecule has 0 aliphatic carbocycles. The summed E-state index contributed by atoms with van der Waals surface area (Å²) < 4.78 is 20.8. The molecule has 0 bridgehead atoms. The van der Waals surface area contributed by atoms with Crippen LogP contribution in [0, 0.1) is 12.7 Å². The van der Waals surface area contributed by atoms with Crippen molar-refractivity contribution in [3.63, 3.8) is 0 Å². The quantitative estimate of drug-likeness (QED) is 0.504. The number of aryl methyl sites for hydroxylation is 1. The molecule has 1 amide bonds. The van der Waals surface area contributed by atoms with Crippen molar-refractivity contribution in [2.45, 2.75) is 32.1 Å². The van der Waals surface area contributed by atoms with Crippen molar-refractivity contribution >= 4 is 17.7 Å². The summed E-state index contributed by atoms with van der Waals surface area (Å²) in [5, 5.41) is 9.34. The first-order valence-corrected chi connectivity index (χ1v) is 10.6. The number of carbonyl (C=O) groups excluding carboxylic acids is 1. The Bertz CT molecular complexity index is 1040. The van der Waals surface area contributed by atoms with Crippen LogP contribution in [0.2, 0.25) is 0 Å². The third kappa shape index (κ3) is 4.81. The molecule has 3 rings (SSSR count). The van der Waals surface area contributed by atoms with E-state index in [4.69, 9.17) is 4.74 Å². The molecule has 6 nitrogen and oxygen atoms in total. The monoisotopic (exact) mass is 428 g/mol. The number of hydrogen-bond donors (Lipinski definition) is 0. The molecule has 1 heterocycles. The average Bonchev–Trinajstić information content (AvgIpc) is 3.15. The predicted molar refractivity (Wildman–Crippen MR) is 116 cm³/mol. The number of benzene rings is 2. The number of thioether (sulfide) groups is 1. The molecular weight excluding hydrogens is 403 g/mol. The summed E-state index contributed by atoms with van der Waals surface area (Å²) in [6.45, 7) is 5.09. The fourth-order valence-corrected chi connectivity index (χ4v) is 4.05. The zero-order valence-electron chi connectivity index (χ0n) is 17.6. The lowest BCUT2D eigenvalue weighted by Gasteiger charge is -2.17. The normalized spacial score (nSPS) is 10.8. The smallest absolute Gasteiger partial charge is 0.233 e. The highest BCUT2D eigenvalue weighted by Crippen LogP contribution is 2.26. The third-order valence-electron chi connectivity index (χ3n) is 4.81. The van der Waals surface area contributed by atoms with Crippen LogP contribution in [0.3, 0.4) is 0 Å². The largest absolute Gasteiger partial charge is 0.494 e. The van der Waals surface area contributed by atoms with Crippen LogP contribution in [0.25, 0.3) is 11.4 Å².